The van der Waals surface area contributed by atoms with Crippen LogP contribution in [0.5, 0.6) is 0 Å². The van der Waals surface area contributed by atoms with E-state index < -0.39 is 0 Å². The number of carbonyl (C=O) groups excluding carboxylic acids is 1. The number of rotatable bonds is 4. The summed E-state index contributed by atoms with van der Waals surface area (Å²) in [5.41, 5.74) is 0.630. The zero-order valence-electron chi connectivity index (χ0n) is 11.4. The molecular formula is C14H21N3OS. The molecule has 1 aromatic heterocycles. The summed E-state index contributed by atoms with van der Waals surface area (Å²) in [5, 5.41) is 6.39. The van der Waals surface area contributed by atoms with Gasteiger partial charge in [0.1, 0.15) is 5.69 Å². The molecule has 1 aliphatic carbocycles. The maximum Gasteiger partial charge on any atom is 0.273 e. The van der Waals surface area contributed by atoms with Crippen LogP contribution in [-0.4, -0.2) is 41.0 Å². The standard InChI is InChI=1S/C14H21N3OS/c1-10-16-13(9-19-10)14(18)17(12-5-6-12)8-11-4-2-3-7-15-11/h9,11-12,15H,2-8H2,1H3. The maximum absolute atomic E-state index is 12.6. The lowest BCUT2D eigenvalue weighted by molar-refractivity contribution is 0.0712. The molecule has 1 aromatic rings. The maximum atomic E-state index is 12.6. The lowest BCUT2D eigenvalue weighted by Gasteiger charge is -2.30. The van der Waals surface area contributed by atoms with Gasteiger partial charge < -0.3 is 10.2 Å². The van der Waals surface area contributed by atoms with Crippen LogP contribution in [0, 0.1) is 6.92 Å². The lowest BCUT2D eigenvalue weighted by Crippen LogP contribution is -2.46. The van der Waals surface area contributed by atoms with Gasteiger partial charge in [0, 0.05) is 24.0 Å². The summed E-state index contributed by atoms with van der Waals surface area (Å²) in [4.78, 5) is 19.0. The Morgan fingerprint density at radius 2 is 2.32 bits per heavy atom. The Morgan fingerprint density at radius 3 is 2.89 bits per heavy atom. The minimum Gasteiger partial charge on any atom is -0.333 e. The third-order valence-electron chi connectivity index (χ3n) is 3.92. The second-order valence-corrected chi connectivity index (χ2v) is 6.65. The first-order valence-electron chi connectivity index (χ1n) is 7.20. The summed E-state index contributed by atoms with van der Waals surface area (Å²) in [6.45, 7) is 3.89. The summed E-state index contributed by atoms with van der Waals surface area (Å²) in [6.07, 6.45) is 6.04. The zero-order chi connectivity index (χ0) is 13.2. The average molecular weight is 279 g/mol. The van der Waals surface area contributed by atoms with Crippen LogP contribution in [0.25, 0.3) is 0 Å². The molecule has 3 rings (SSSR count). The van der Waals surface area contributed by atoms with Crippen molar-refractivity contribution in [1.29, 1.82) is 0 Å². The van der Waals surface area contributed by atoms with Gasteiger partial charge >= 0.3 is 0 Å². The fourth-order valence-corrected chi connectivity index (χ4v) is 3.30. The molecule has 0 aromatic carbocycles. The molecule has 1 atom stereocenters. The molecule has 4 nitrogen and oxygen atoms in total. The Labute approximate surface area is 118 Å². The second kappa shape index (κ2) is 5.59. The van der Waals surface area contributed by atoms with Crippen LogP contribution >= 0.6 is 11.3 Å². The van der Waals surface area contributed by atoms with Crippen molar-refractivity contribution in [2.24, 2.45) is 0 Å². The number of aryl methyl sites for hydroxylation is 1. The van der Waals surface area contributed by atoms with Crippen LogP contribution in [0.2, 0.25) is 0 Å². The number of amides is 1. The van der Waals surface area contributed by atoms with Crippen molar-refractivity contribution in [3.05, 3.63) is 16.1 Å². The highest BCUT2D eigenvalue weighted by atomic mass is 32.1. The van der Waals surface area contributed by atoms with Crippen LogP contribution < -0.4 is 5.32 Å². The van der Waals surface area contributed by atoms with Gasteiger partial charge in [-0.2, -0.15) is 0 Å². The van der Waals surface area contributed by atoms with Crippen molar-refractivity contribution >= 4 is 17.2 Å². The third kappa shape index (κ3) is 3.15. The minimum atomic E-state index is 0.124. The highest BCUT2D eigenvalue weighted by Crippen LogP contribution is 2.29. The number of hydrogen-bond donors (Lipinski definition) is 1. The molecule has 19 heavy (non-hydrogen) atoms. The first kappa shape index (κ1) is 13.1. The van der Waals surface area contributed by atoms with Gasteiger partial charge in [0.05, 0.1) is 5.01 Å². The number of hydrogen-bond acceptors (Lipinski definition) is 4. The first-order chi connectivity index (χ1) is 9.24. The monoisotopic (exact) mass is 279 g/mol. The van der Waals surface area contributed by atoms with Crippen LogP contribution in [-0.2, 0) is 0 Å². The number of piperidine rings is 1. The highest BCUT2D eigenvalue weighted by Gasteiger charge is 2.35. The Morgan fingerprint density at radius 1 is 1.47 bits per heavy atom. The Balaban J connectivity index is 1.68. The van der Waals surface area contributed by atoms with Gasteiger partial charge in [-0.1, -0.05) is 6.42 Å². The summed E-state index contributed by atoms with van der Waals surface area (Å²) < 4.78 is 0. The van der Waals surface area contributed by atoms with E-state index >= 15 is 0 Å². The molecule has 0 bridgehead atoms. The number of aromatic nitrogens is 1. The molecule has 104 valence electrons. The van der Waals surface area contributed by atoms with Gasteiger partial charge in [-0.25, -0.2) is 4.98 Å². The third-order valence-corrected chi connectivity index (χ3v) is 4.69. The molecule has 1 amide bonds. The van der Waals surface area contributed by atoms with Gasteiger partial charge in [-0.15, -0.1) is 11.3 Å². The number of nitrogens with one attached hydrogen (secondary N) is 1. The van der Waals surface area contributed by atoms with E-state index in [1.165, 1.54) is 19.3 Å². The number of nitrogens with zero attached hydrogens (tertiary/aromatic N) is 2. The Hall–Kier alpha value is -0.940. The van der Waals surface area contributed by atoms with Crippen molar-refractivity contribution in [2.75, 3.05) is 13.1 Å². The van der Waals surface area contributed by atoms with E-state index in [0.717, 1.165) is 30.9 Å². The number of thiazole rings is 1. The summed E-state index contributed by atoms with van der Waals surface area (Å²) in [5.74, 6) is 0.124. The van der Waals surface area contributed by atoms with E-state index in [9.17, 15) is 4.79 Å². The van der Waals surface area contributed by atoms with Gasteiger partial charge in [0.2, 0.25) is 0 Å². The quantitative estimate of drug-likeness (QED) is 0.919. The summed E-state index contributed by atoms with van der Waals surface area (Å²) >= 11 is 1.55. The smallest absolute Gasteiger partial charge is 0.273 e. The minimum absolute atomic E-state index is 0.124. The fraction of sp³-hybridized carbons (Fsp3) is 0.714. The van der Waals surface area contributed by atoms with Crippen molar-refractivity contribution in [3.8, 4) is 0 Å². The molecule has 2 aliphatic rings. The van der Waals surface area contributed by atoms with Crippen LogP contribution in [0.3, 0.4) is 0 Å². The molecule has 0 radical (unpaired) electrons. The van der Waals surface area contributed by atoms with E-state index in [1.54, 1.807) is 11.3 Å². The Kier molecular flexibility index (Phi) is 3.84. The van der Waals surface area contributed by atoms with E-state index in [4.69, 9.17) is 0 Å². The van der Waals surface area contributed by atoms with Crippen molar-refractivity contribution in [2.45, 2.75) is 51.1 Å². The summed E-state index contributed by atoms with van der Waals surface area (Å²) in [6, 6.07) is 0.927. The molecule has 1 unspecified atom stereocenters. The number of carbonyl (C=O) groups is 1. The van der Waals surface area contributed by atoms with Crippen LogP contribution in [0.1, 0.15) is 47.6 Å². The van der Waals surface area contributed by atoms with Gasteiger partial charge in [0.25, 0.3) is 5.91 Å². The molecule has 5 heteroatoms. The van der Waals surface area contributed by atoms with Crippen molar-refractivity contribution < 1.29 is 4.79 Å². The predicted octanol–water partition coefficient (Wildman–Crippen LogP) is 2.20. The largest absolute Gasteiger partial charge is 0.333 e. The lowest BCUT2D eigenvalue weighted by atomic mass is 10.0. The second-order valence-electron chi connectivity index (χ2n) is 5.59. The van der Waals surface area contributed by atoms with Gasteiger partial charge in [-0.3, -0.25) is 4.79 Å². The van der Waals surface area contributed by atoms with E-state index in [1.807, 2.05) is 12.3 Å². The molecule has 2 fully saturated rings. The predicted molar refractivity (Wildman–Crippen MR) is 76.6 cm³/mol. The van der Waals surface area contributed by atoms with Crippen LogP contribution in [0.15, 0.2) is 5.38 Å². The van der Waals surface area contributed by atoms with E-state index in [0.29, 0.717) is 17.8 Å². The van der Waals surface area contributed by atoms with E-state index in [2.05, 4.69) is 15.2 Å². The highest BCUT2D eigenvalue weighted by molar-refractivity contribution is 7.09. The topological polar surface area (TPSA) is 45.2 Å². The molecular weight excluding hydrogens is 258 g/mol. The average Bonchev–Trinajstić information content (AvgIpc) is 3.18. The molecule has 1 aliphatic heterocycles. The Bertz CT molecular complexity index is 449. The van der Waals surface area contributed by atoms with Gasteiger partial charge in [0.15, 0.2) is 0 Å². The normalized spacial score (nSPS) is 23.3. The first-order valence-corrected chi connectivity index (χ1v) is 8.08. The van der Waals surface area contributed by atoms with Crippen molar-refractivity contribution in [3.63, 3.8) is 0 Å². The van der Waals surface area contributed by atoms with E-state index in [-0.39, 0.29) is 5.91 Å². The van der Waals surface area contributed by atoms with Crippen molar-refractivity contribution in [1.82, 2.24) is 15.2 Å². The van der Waals surface area contributed by atoms with Crippen LogP contribution in [0.4, 0.5) is 0 Å². The summed E-state index contributed by atoms with van der Waals surface area (Å²) in [7, 11) is 0. The SMILES string of the molecule is Cc1nc(C(=O)N(CC2CCCCN2)C2CC2)cs1. The molecule has 0 spiro atoms. The molecule has 1 N–H and O–H groups in total. The molecule has 2 heterocycles. The van der Waals surface area contributed by atoms with Gasteiger partial charge in [-0.05, 0) is 39.2 Å². The fourth-order valence-electron chi connectivity index (χ4n) is 2.71. The zero-order valence-corrected chi connectivity index (χ0v) is 12.2. The molecule has 1 saturated carbocycles. The molecule has 1 saturated heterocycles.